The summed E-state index contributed by atoms with van der Waals surface area (Å²) in [6.07, 6.45) is 4.23. The van der Waals surface area contributed by atoms with Gasteiger partial charge in [-0.1, -0.05) is 12.5 Å². The van der Waals surface area contributed by atoms with Gasteiger partial charge in [-0.25, -0.2) is 8.78 Å². The zero-order valence-corrected chi connectivity index (χ0v) is 15.8. The number of aromatic amines is 1. The number of benzene rings is 1. The number of carbonyl (C=O) groups excluding carboxylic acids is 2. The van der Waals surface area contributed by atoms with E-state index in [0.717, 1.165) is 31.5 Å². The smallest absolute Gasteiger partial charge is 0.274 e. The molecule has 0 bridgehead atoms. The second kappa shape index (κ2) is 8.42. The van der Waals surface area contributed by atoms with Crippen molar-refractivity contribution in [2.24, 2.45) is 5.92 Å². The van der Waals surface area contributed by atoms with Gasteiger partial charge in [-0.15, -0.1) is 0 Å². The number of nitrogens with zero attached hydrogens (tertiary/aromatic N) is 1. The van der Waals surface area contributed by atoms with Crippen molar-refractivity contribution in [3.63, 3.8) is 0 Å². The fraction of sp³-hybridized carbons (Fsp3) is 0.350. The zero-order valence-electron chi connectivity index (χ0n) is 15.8. The van der Waals surface area contributed by atoms with E-state index in [1.165, 1.54) is 11.0 Å². The summed E-state index contributed by atoms with van der Waals surface area (Å²) in [5.41, 5.74) is -1.70. The zero-order chi connectivity index (χ0) is 21.1. The summed E-state index contributed by atoms with van der Waals surface area (Å²) in [5, 5.41) is 12.5. The van der Waals surface area contributed by atoms with E-state index in [4.69, 9.17) is 0 Å². The molecule has 0 radical (unpaired) electrons. The summed E-state index contributed by atoms with van der Waals surface area (Å²) in [5.74, 6) is -3.44. The quantitative estimate of drug-likeness (QED) is 0.685. The topological polar surface area (TPSA) is 103 Å². The van der Waals surface area contributed by atoms with Crippen LogP contribution >= 0.6 is 0 Å². The Morgan fingerprint density at radius 1 is 1.31 bits per heavy atom. The van der Waals surface area contributed by atoms with Crippen LogP contribution in [0.3, 0.4) is 0 Å². The Morgan fingerprint density at radius 3 is 2.66 bits per heavy atom. The van der Waals surface area contributed by atoms with E-state index in [2.05, 4.69) is 10.3 Å². The van der Waals surface area contributed by atoms with Crippen molar-refractivity contribution in [3.8, 4) is 5.75 Å². The molecular weight excluding hydrogens is 384 g/mol. The van der Waals surface area contributed by atoms with Crippen molar-refractivity contribution in [1.82, 2.24) is 15.2 Å². The maximum Gasteiger partial charge on any atom is 0.274 e. The van der Waals surface area contributed by atoms with Gasteiger partial charge >= 0.3 is 0 Å². The predicted molar refractivity (Wildman–Crippen MR) is 101 cm³/mol. The van der Waals surface area contributed by atoms with Gasteiger partial charge in [0.1, 0.15) is 17.2 Å². The van der Waals surface area contributed by atoms with E-state index in [1.807, 2.05) is 0 Å². The molecule has 9 heteroatoms. The number of amides is 2. The lowest BCUT2D eigenvalue weighted by atomic mass is 9.85. The Bertz CT molecular complexity index is 1000. The summed E-state index contributed by atoms with van der Waals surface area (Å²) in [7, 11) is 1.58. The normalized spacial score (nSPS) is 13.6. The number of hydrogen-bond acceptors (Lipinski definition) is 4. The molecule has 154 valence electrons. The highest BCUT2D eigenvalue weighted by molar-refractivity contribution is 5.98. The Labute approximate surface area is 165 Å². The second-order valence-corrected chi connectivity index (χ2v) is 7.16. The summed E-state index contributed by atoms with van der Waals surface area (Å²) >= 11 is 0. The van der Waals surface area contributed by atoms with E-state index in [9.17, 15) is 28.3 Å². The SMILES string of the molecule is CN(CC1CCC1)C(=O)c1[nH]cc(C(=O)NCc2ccc(F)cc2F)c(=O)c1O. The summed E-state index contributed by atoms with van der Waals surface area (Å²) in [6.45, 7) is 0.238. The highest BCUT2D eigenvalue weighted by atomic mass is 19.1. The van der Waals surface area contributed by atoms with Crippen LogP contribution in [0.1, 0.15) is 45.7 Å². The van der Waals surface area contributed by atoms with E-state index in [-0.39, 0.29) is 17.8 Å². The van der Waals surface area contributed by atoms with Crippen molar-refractivity contribution in [2.45, 2.75) is 25.8 Å². The molecule has 29 heavy (non-hydrogen) atoms. The van der Waals surface area contributed by atoms with E-state index in [0.29, 0.717) is 18.5 Å². The van der Waals surface area contributed by atoms with Crippen LogP contribution in [0.5, 0.6) is 5.75 Å². The molecule has 3 N–H and O–H groups in total. The van der Waals surface area contributed by atoms with Gasteiger partial charge in [-0.3, -0.25) is 14.4 Å². The van der Waals surface area contributed by atoms with E-state index in [1.54, 1.807) is 7.05 Å². The highest BCUT2D eigenvalue weighted by Crippen LogP contribution is 2.27. The molecule has 0 aliphatic heterocycles. The molecule has 1 aliphatic carbocycles. The number of pyridine rings is 1. The van der Waals surface area contributed by atoms with Crippen LogP contribution in [0.2, 0.25) is 0 Å². The lowest BCUT2D eigenvalue weighted by Crippen LogP contribution is -2.36. The first-order valence-corrected chi connectivity index (χ1v) is 9.20. The van der Waals surface area contributed by atoms with Gasteiger partial charge in [0.2, 0.25) is 5.43 Å². The molecule has 2 aromatic rings. The maximum absolute atomic E-state index is 13.6. The highest BCUT2D eigenvalue weighted by Gasteiger charge is 2.26. The van der Waals surface area contributed by atoms with Gasteiger partial charge in [0, 0.05) is 38.0 Å². The predicted octanol–water partition coefficient (Wildman–Crippen LogP) is 2.16. The summed E-state index contributed by atoms with van der Waals surface area (Å²) < 4.78 is 26.6. The first-order chi connectivity index (χ1) is 13.8. The van der Waals surface area contributed by atoms with Crippen molar-refractivity contribution in [2.75, 3.05) is 13.6 Å². The van der Waals surface area contributed by atoms with Gasteiger partial charge < -0.3 is 20.3 Å². The number of hydrogen-bond donors (Lipinski definition) is 3. The summed E-state index contributed by atoms with van der Waals surface area (Å²) in [6, 6.07) is 2.90. The minimum absolute atomic E-state index is 0.0322. The average molecular weight is 405 g/mol. The van der Waals surface area contributed by atoms with Crippen LogP contribution in [-0.2, 0) is 6.54 Å². The lowest BCUT2D eigenvalue weighted by molar-refractivity contribution is 0.0735. The van der Waals surface area contributed by atoms with Crippen LogP contribution in [0.25, 0.3) is 0 Å². The molecule has 1 aromatic carbocycles. The molecule has 1 aliphatic rings. The number of aromatic nitrogens is 1. The first kappa shape index (κ1) is 20.5. The molecule has 0 saturated heterocycles. The third-order valence-corrected chi connectivity index (χ3v) is 5.07. The minimum atomic E-state index is -1.01. The lowest BCUT2D eigenvalue weighted by Gasteiger charge is -2.30. The van der Waals surface area contributed by atoms with Crippen LogP contribution in [-0.4, -0.2) is 40.4 Å². The van der Waals surface area contributed by atoms with Gasteiger partial charge in [0.05, 0.1) is 0 Å². The molecule has 7 nitrogen and oxygen atoms in total. The third kappa shape index (κ3) is 4.44. The van der Waals surface area contributed by atoms with Gasteiger partial charge in [-0.2, -0.15) is 0 Å². The molecule has 2 amide bonds. The fourth-order valence-electron chi connectivity index (χ4n) is 3.12. The van der Waals surface area contributed by atoms with Crippen molar-refractivity contribution in [3.05, 3.63) is 63.1 Å². The molecular formula is C20H21F2N3O4. The van der Waals surface area contributed by atoms with Crippen molar-refractivity contribution < 1.29 is 23.5 Å². The number of halogens is 2. The molecule has 0 atom stereocenters. The fourth-order valence-corrected chi connectivity index (χ4v) is 3.12. The molecule has 1 saturated carbocycles. The molecule has 3 rings (SSSR count). The number of rotatable bonds is 6. The molecule has 1 heterocycles. The monoisotopic (exact) mass is 405 g/mol. The van der Waals surface area contributed by atoms with Crippen LogP contribution in [0.4, 0.5) is 8.78 Å². The Balaban J connectivity index is 1.71. The Kier molecular flexibility index (Phi) is 5.95. The van der Waals surface area contributed by atoms with Gasteiger partial charge in [0.15, 0.2) is 11.4 Å². The number of aromatic hydroxyl groups is 1. The van der Waals surface area contributed by atoms with E-state index < -0.39 is 40.2 Å². The maximum atomic E-state index is 13.6. The van der Waals surface area contributed by atoms with Crippen molar-refractivity contribution >= 4 is 11.8 Å². The number of carbonyl (C=O) groups is 2. The van der Waals surface area contributed by atoms with Crippen LogP contribution in [0, 0.1) is 17.6 Å². The van der Waals surface area contributed by atoms with Crippen LogP contribution < -0.4 is 10.7 Å². The number of H-pyrrole nitrogens is 1. The summed E-state index contributed by atoms with van der Waals surface area (Å²) in [4.78, 5) is 41.0. The average Bonchev–Trinajstić information content (AvgIpc) is 2.65. The molecule has 1 aromatic heterocycles. The number of nitrogens with one attached hydrogen (secondary N) is 2. The second-order valence-electron chi connectivity index (χ2n) is 7.16. The van der Waals surface area contributed by atoms with E-state index >= 15 is 0 Å². The third-order valence-electron chi connectivity index (χ3n) is 5.07. The largest absolute Gasteiger partial charge is 0.503 e. The van der Waals surface area contributed by atoms with Crippen molar-refractivity contribution in [1.29, 1.82) is 0 Å². The first-order valence-electron chi connectivity index (χ1n) is 9.20. The van der Waals surface area contributed by atoms with Gasteiger partial charge in [-0.05, 0) is 24.8 Å². The molecule has 0 unspecified atom stereocenters. The van der Waals surface area contributed by atoms with Gasteiger partial charge in [0.25, 0.3) is 11.8 Å². The van der Waals surface area contributed by atoms with Crippen LogP contribution in [0.15, 0.2) is 29.2 Å². The molecule has 0 spiro atoms. The molecule has 1 fully saturated rings. The Hall–Kier alpha value is -3.23. The Morgan fingerprint density at radius 2 is 2.03 bits per heavy atom. The standard InChI is InChI=1S/C20H21F2N3O4/c1-25(10-11-3-2-4-11)20(29)16-18(27)17(26)14(9-23-16)19(28)24-8-12-5-6-13(21)7-15(12)22/h5-7,9,11,27H,2-4,8,10H2,1H3,(H,23,26)(H,24,28). The minimum Gasteiger partial charge on any atom is -0.503 e.